The van der Waals surface area contributed by atoms with E-state index in [2.05, 4.69) is 65.1 Å². The molecule has 2 heterocycles. The number of ether oxygens (including phenoxy) is 1. The number of anilines is 1. The Bertz CT molecular complexity index is 4210. The summed E-state index contributed by atoms with van der Waals surface area (Å²) >= 11 is 0. The third kappa shape index (κ3) is 30.9. The number of rotatable bonds is 29. The summed E-state index contributed by atoms with van der Waals surface area (Å²) in [6.45, 7) is 4.86. The van der Waals surface area contributed by atoms with Gasteiger partial charge in [-0.25, -0.2) is 4.79 Å². The summed E-state index contributed by atoms with van der Waals surface area (Å²) in [6, 6.07) is -1.38. The molecule has 13 atom stereocenters. The predicted molar refractivity (Wildman–Crippen MR) is 415 cm³/mol. The number of carboxylic acid groups (broad SMARTS) is 2. The Labute approximate surface area is 684 Å². The summed E-state index contributed by atoms with van der Waals surface area (Å²) < 4.78 is 5.80. The number of unbranched alkanes of at least 4 members (excludes halogenated alkanes) is 2. The molecule has 1 aliphatic heterocycles. The number of amides is 11. The molecule has 4 fully saturated rings. The van der Waals surface area contributed by atoms with Gasteiger partial charge in [0.15, 0.2) is 23.1 Å². The maximum absolute atomic E-state index is 14.8. The average molecular weight is 1670 g/mol. The zero-order chi connectivity index (χ0) is 89.0. The largest absolute Gasteiger partial charge is 0.481 e. The van der Waals surface area contributed by atoms with Gasteiger partial charge in [-0.3, -0.25) is 81.5 Å². The lowest BCUT2D eigenvalue weighted by atomic mass is 9.52. The average Bonchev–Trinajstić information content (AvgIpc) is 1.65. The first kappa shape index (κ1) is 99.1. The number of carboxylic acids is 2. The van der Waals surface area contributed by atoms with Gasteiger partial charge in [0.25, 0.3) is 0 Å². The monoisotopic (exact) mass is 1670 g/mol. The molecule has 3 saturated carbocycles. The molecule has 0 spiro atoms. The Morgan fingerprint density at radius 2 is 1.22 bits per heavy atom. The van der Waals surface area contributed by atoms with Crippen LogP contribution in [0.5, 0.6) is 0 Å². The number of aromatic nitrogens is 1. The molecule has 0 unspecified atom stereocenters. The quantitative estimate of drug-likeness (QED) is 0.0160. The van der Waals surface area contributed by atoms with Crippen molar-refractivity contribution >= 4 is 135 Å². The maximum Gasteiger partial charge on any atom is 0.373 e. The van der Waals surface area contributed by atoms with Crippen LogP contribution in [0.2, 0.25) is 0 Å². The summed E-state index contributed by atoms with van der Waals surface area (Å²) in [7, 11) is 0. The second-order valence-electron chi connectivity index (χ2n) is 30.3. The molecule has 11 amide bonds. The number of cyclic esters (lactones) is 1. The van der Waals surface area contributed by atoms with Crippen molar-refractivity contribution in [1.29, 1.82) is 0 Å². The van der Waals surface area contributed by atoms with Crippen molar-refractivity contribution in [3.8, 4) is 0 Å². The number of aliphatic hydroxyl groups is 1. The molecule has 2 bridgehead atoms. The zero-order valence-electron chi connectivity index (χ0n) is 67.1. The van der Waals surface area contributed by atoms with Crippen molar-refractivity contribution in [2.45, 2.75) is 224 Å². The number of fused-ring (bicyclic) bond motifs is 4. The van der Waals surface area contributed by atoms with E-state index in [0.29, 0.717) is 24.8 Å². The number of esters is 1. The van der Waals surface area contributed by atoms with Crippen LogP contribution in [0.25, 0.3) is 10.9 Å². The number of aromatic amines is 1. The maximum atomic E-state index is 14.8. The molecule has 650 valence electrons. The van der Waals surface area contributed by atoms with Crippen LogP contribution in [0.1, 0.15) is 179 Å². The van der Waals surface area contributed by atoms with E-state index < -0.39 is 248 Å². The molecule has 119 heavy (non-hydrogen) atoms. The van der Waals surface area contributed by atoms with Crippen LogP contribution in [0.3, 0.4) is 0 Å². The van der Waals surface area contributed by atoms with Crippen LogP contribution in [0.15, 0.2) is 54.7 Å². The summed E-state index contributed by atoms with van der Waals surface area (Å²) in [4.78, 5) is 286. The number of nitrogens with two attached hydrogens (primary N) is 3. The van der Waals surface area contributed by atoms with Gasteiger partial charge >= 0.3 is 30.2 Å². The molecule has 7 rings (SSSR count). The highest BCUT2D eigenvalue weighted by Gasteiger charge is 2.53. The number of nitrogen functional groups attached to an aromatic ring is 1. The van der Waals surface area contributed by atoms with Gasteiger partial charge in [0.1, 0.15) is 42.4 Å². The van der Waals surface area contributed by atoms with Gasteiger partial charge in [-0.15, -0.1) is 0 Å². The third-order valence-corrected chi connectivity index (χ3v) is 21.4. The lowest BCUT2D eigenvalue weighted by molar-refractivity contribution is -0.193. The van der Waals surface area contributed by atoms with Crippen molar-refractivity contribution in [2.24, 2.45) is 46.0 Å². The fourth-order valence-corrected chi connectivity index (χ4v) is 14.5. The van der Waals surface area contributed by atoms with Crippen LogP contribution in [0, 0.1) is 34.5 Å². The minimum Gasteiger partial charge on any atom is -0.481 e. The van der Waals surface area contributed by atoms with Crippen LogP contribution < -0.4 is 70.4 Å². The van der Waals surface area contributed by atoms with Crippen molar-refractivity contribution < 1.29 is 126 Å². The summed E-state index contributed by atoms with van der Waals surface area (Å²) in [6.07, 6.45) is 2.36. The number of ketones is 4. The van der Waals surface area contributed by atoms with E-state index in [4.69, 9.17) is 41.1 Å². The van der Waals surface area contributed by atoms with E-state index in [-0.39, 0.29) is 60.7 Å². The van der Waals surface area contributed by atoms with Gasteiger partial charge in [0.05, 0.1) is 44.6 Å². The van der Waals surface area contributed by atoms with Crippen molar-refractivity contribution in [2.75, 3.05) is 32.0 Å². The number of nitrogens with one attached hydrogen (secondary N) is 11. The fourth-order valence-electron chi connectivity index (χ4n) is 14.5. The van der Waals surface area contributed by atoms with Crippen LogP contribution >= 0.6 is 0 Å². The molecule has 3 aromatic rings. The highest BCUT2D eigenvalue weighted by atomic mass is 16.5. The molecule has 2 aromatic carbocycles. The first-order valence-corrected chi connectivity index (χ1v) is 39.0. The minimum absolute atomic E-state index is 0.0171. The number of aliphatic hydroxyl groups excluding tert-OH is 1. The molecule has 1 saturated heterocycles. The minimum atomic E-state index is -2.16. The smallest absolute Gasteiger partial charge is 0.373 e. The zero-order valence-corrected chi connectivity index (χ0v) is 67.1. The Morgan fingerprint density at radius 1 is 0.630 bits per heavy atom. The summed E-state index contributed by atoms with van der Waals surface area (Å²) in [5.74, 6) is -25.9. The SMILES string of the molecule is CCCCCC12CCC(C(=O)N[C@@H](Cc3c[nH]c4ccccc34)C(=O)N[C@H](CC(N)=O)C(=O)C[C@@H](C)C(=O)N[C@@H]3C(=O)NCC(=O)N[C@@H](CCCN)C(=O)N[C@@H](CC(=O)O)C(=O)C[C@H](C)C(=O)N[C@@H](C)C(=O)NCC(=O)N[C@H](CO)C(=O)C[C@@H]([C@H](C)CC(=O)O)C(=O)N[C@@H](CC(=O)c4ccccc4N)C(=O)O[C@@H]3C)(CC1)CC2.O=C=O.O=C=O. The normalized spacial score (nSPS) is 24.3. The number of benzene rings is 2. The Morgan fingerprint density at radius 3 is 1.81 bits per heavy atom. The molecule has 40 heteroatoms. The molecule has 40 nitrogen and oxygen atoms in total. The number of Topliss-reactive ketones (excluding diaryl/α,β-unsaturated/α-hetero) is 4. The number of primary amides is 1. The van der Waals surface area contributed by atoms with Gasteiger partial charge in [-0.05, 0) is 113 Å². The van der Waals surface area contributed by atoms with Gasteiger partial charge in [0, 0.05) is 90.0 Å². The van der Waals surface area contributed by atoms with Crippen LogP contribution in [-0.4, -0.2) is 219 Å². The van der Waals surface area contributed by atoms with Crippen LogP contribution in [-0.2, 0) is 112 Å². The van der Waals surface area contributed by atoms with Gasteiger partial charge in [-0.2, -0.15) is 19.2 Å². The van der Waals surface area contributed by atoms with E-state index in [1.165, 1.54) is 52.0 Å². The molecule has 0 radical (unpaired) electrons. The molecular weight excluding hydrogens is 1560 g/mol. The number of H-pyrrole nitrogens is 1. The molecule has 1 aromatic heterocycles. The number of carbonyl (C=O) groups excluding carboxylic acids is 20. The Balaban J connectivity index is 0.00000481. The van der Waals surface area contributed by atoms with E-state index in [1.54, 1.807) is 12.3 Å². The van der Waals surface area contributed by atoms with E-state index >= 15 is 0 Å². The summed E-state index contributed by atoms with van der Waals surface area (Å²) in [5, 5.41) is 54.8. The highest BCUT2D eigenvalue weighted by molar-refractivity contribution is 6.05. The number of aliphatic carboxylic acids is 2. The summed E-state index contributed by atoms with van der Waals surface area (Å²) in [5.41, 5.74) is 18.0. The highest BCUT2D eigenvalue weighted by Crippen LogP contribution is 2.59. The number of hydrogen-bond acceptors (Lipinski definition) is 26. The first-order chi connectivity index (χ1) is 56.2. The van der Waals surface area contributed by atoms with E-state index in [0.717, 1.165) is 62.8 Å². The Hall–Kier alpha value is -12.3. The number of hydrogen-bond donors (Lipinski definition) is 17. The van der Waals surface area contributed by atoms with Crippen LogP contribution in [0.4, 0.5) is 5.69 Å². The Kier molecular flexibility index (Phi) is 40.3. The molecule has 20 N–H and O–H groups in total. The van der Waals surface area contributed by atoms with Gasteiger partial charge in [-0.1, -0.05) is 77.3 Å². The van der Waals surface area contributed by atoms with Gasteiger partial charge in [0.2, 0.25) is 65.0 Å². The van der Waals surface area contributed by atoms with Crippen molar-refractivity contribution in [3.05, 3.63) is 65.9 Å². The van der Waals surface area contributed by atoms with Crippen molar-refractivity contribution in [1.82, 2.24) is 58.2 Å². The topological polar surface area (TPSA) is 660 Å². The number of para-hydroxylation sites is 2. The third-order valence-electron chi connectivity index (χ3n) is 21.4. The predicted octanol–water partition coefficient (Wildman–Crippen LogP) is -1.65. The van der Waals surface area contributed by atoms with E-state index in [9.17, 15) is 102 Å². The second kappa shape index (κ2) is 48.4. The molecule has 3 aliphatic carbocycles. The lowest BCUT2D eigenvalue weighted by Crippen LogP contribution is -2.58. The standard InChI is InChI=1S/C77H108N14O22.2CO2/c1-7-8-13-20-76-21-24-77(25-22-76,26-23-76)75(112)90-54(31-45-36-81-50-18-12-10-15-46(45)50)72(109)87-52(34-61(80)97)58(94)29-42(4)68(105)91-66-44(6)113-74(111)55(33-57(93)47-16-9-11-17-49(47)79)89-70(107)48(40(2)30-64(100)101)32-60(96)56(39-92)86-63(99)37-82-69(106)43(5)84-67(104)41(3)28-59(95)53(35-65(102)103)88-71(108)51(19-14-27-78)85-62(98)38-83-73(66)110;2*2-1-3/h9-12,15-18,36,40-44,48,51-56,66,81,92H,7-8,13-14,19-35,37-39,78-79H2,1-6H3,(H2,80,97)(H,82,106)(H,83,110)(H,84,104)(H,85,98)(H,86,99)(H,87,109)(H,88,108)(H,89,107)(H,90,112)(H,91,105)(H,100,101)(H,102,103);;/t40-,41+,42-,43+,44-,48+,51+,52-,53+,54+,55+,56-,66+,76?,77?;;/m1../s1. The van der Waals surface area contributed by atoms with Crippen molar-refractivity contribution in [3.63, 3.8) is 0 Å². The molecule has 4 aliphatic rings. The van der Waals surface area contributed by atoms with Gasteiger partial charge < -0.3 is 95.4 Å². The second-order valence-corrected chi connectivity index (χ2v) is 30.3. The molecular formula is C79H108N14O26. The lowest BCUT2D eigenvalue weighted by Gasteiger charge is -2.53. The first-order valence-electron chi connectivity index (χ1n) is 39.0. The number of carbonyl (C=O) groups is 18. The fraction of sp³-hybridized carbons (Fsp3) is 0.570. The van der Waals surface area contributed by atoms with E-state index in [1.807, 2.05) is 18.2 Å².